The van der Waals surface area contributed by atoms with E-state index in [1.165, 1.54) is 0 Å². The van der Waals surface area contributed by atoms with Gasteiger partial charge in [-0.05, 0) is 28.1 Å². The molecule has 0 aliphatic rings. The predicted molar refractivity (Wildman–Crippen MR) is 52.8 cm³/mol. The van der Waals surface area contributed by atoms with E-state index < -0.39 is 0 Å². The molecule has 0 aliphatic heterocycles. The van der Waals surface area contributed by atoms with E-state index in [-0.39, 0.29) is 0 Å². The topological polar surface area (TPSA) is 37.9 Å². The molecule has 0 radical (unpaired) electrons. The molecule has 0 amide bonds. The minimum Gasteiger partial charge on any atom is -0.424 e. The maximum atomic E-state index is 5.44. The minimum absolute atomic E-state index is 0.493. The lowest BCUT2D eigenvalue weighted by molar-refractivity contribution is 0.445. The van der Waals surface area contributed by atoms with Crippen molar-refractivity contribution in [2.75, 3.05) is 0 Å². The van der Waals surface area contributed by atoms with E-state index in [1.54, 1.807) is 12.4 Å². The second-order valence-corrected chi connectivity index (χ2v) is 3.28. The van der Waals surface area contributed by atoms with Crippen molar-refractivity contribution in [3.05, 3.63) is 41.1 Å². The number of para-hydroxylation sites is 1. The molecule has 0 fully saturated rings. The van der Waals surface area contributed by atoms with Gasteiger partial charge in [0.05, 0.1) is 4.47 Å². The van der Waals surface area contributed by atoms with Crippen molar-refractivity contribution in [2.24, 2.45) is 0 Å². The summed E-state index contributed by atoms with van der Waals surface area (Å²) in [5.74, 6) is 0.748. The number of nitrogens with one attached hydrogen (secondary N) is 1. The Hall–Kier alpha value is -1.29. The van der Waals surface area contributed by atoms with E-state index in [0.717, 1.165) is 10.2 Å². The number of rotatable bonds is 2. The smallest absolute Gasteiger partial charge is 0.299 e. The van der Waals surface area contributed by atoms with Gasteiger partial charge >= 0.3 is 0 Å². The standard InChI is InChI=1S/C9H7BrN2O/c10-7-3-1-2-4-8(7)13-9-11-5-6-12-9/h1-6H,(H,11,12). The van der Waals surface area contributed by atoms with E-state index >= 15 is 0 Å². The Balaban J connectivity index is 2.24. The first-order chi connectivity index (χ1) is 6.36. The summed E-state index contributed by atoms with van der Waals surface area (Å²) in [5, 5.41) is 0. The third-order valence-electron chi connectivity index (χ3n) is 1.52. The summed E-state index contributed by atoms with van der Waals surface area (Å²) in [4.78, 5) is 6.81. The molecule has 1 aromatic heterocycles. The third-order valence-corrected chi connectivity index (χ3v) is 2.17. The first-order valence-electron chi connectivity index (χ1n) is 3.78. The highest BCUT2D eigenvalue weighted by Gasteiger charge is 2.01. The molecule has 1 N–H and O–H groups in total. The molecular formula is C9H7BrN2O. The van der Waals surface area contributed by atoms with Gasteiger partial charge < -0.3 is 9.72 Å². The molecule has 2 aromatic rings. The van der Waals surface area contributed by atoms with Gasteiger partial charge in [-0.25, -0.2) is 4.98 Å². The lowest BCUT2D eigenvalue weighted by Crippen LogP contribution is -1.86. The molecule has 3 nitrogen and oxygen atoms in total. The van der Waals surface area contributed by atoms with Crippen molar-refractivity contribution in [1.29, 1.82) is 0 Å². The van der Waals surface area contributed by atoms with Crippen LogP contribution in [0.15, 0.2) is 41.1 Å². The summed E-state index contributed by atoms with van der Waals surface area (Å²) in [7, 11) is 0. The SMILES string of the molecule is Brc1ccccc1Oc1ncc[nH]1. The maximum absolute atomic E-state index is 5.44. The Bertz CT molecular complexity index is 386. The molecule has 13 heavy (non-hydrogen) atoms. The maximum Gasteiger partial charge on any atom is 0.299 e. The van der Waals surface area contributed by atoms with Crippen molar-refractivity contribution in [3.8, 4) is 11.8 Å². The molecule has 0 saturated carbocycles. The Labute approximate surface area is 83.9 Å². The van der Waals surface area contributed by atoms with Gasteiger partial charge in [-0.1, -0.05) is 12.1 Å². The monoisotopic (exact) mass is 238 g/mol. The van der Waals surface area contributed by atoms with Crippen molar-refractivity contribution >= 4 is 15.9 Å². The molecule has 66 valence electrons. The lowest BCUT2D eigenvalue weighted by atomic mass is 10.3. The Morgan fingerprint density at radius 3 is 2.85 bits per heavy atom. The summed E-state index contributed by atoms with van der Waals surface area (Å²) >= 11 is 3.38. The quantitative estimate of drug-likeness (QED) is 0.874. The summed E-state index contributed by atoms with van der Waals surface area (Å²) in [5.41, 5.74) is 0. The van der Waals surface area contributed by atoms with Gasteiger partial charge in [0, 0.05) is 12.4 Å². The summed E-state index contributed by atoms with van der Waals surface area (Å²) in [6, 6.07) is 8.11. The van der Waals surface area contributed by atoms with Crippen LogP contribution in [-0.4, -0.2) is 9.97 Å². The third kappa shape index (κ3) is 1.89. The van der Waals surface area contributed by atoms with Crippen LogP contribution < -0.4 is 4.74 Å². The zero-order valence-electron chi connectivity index (χ0n) is 6.70. The van der Waals surface area contributed by atoms with Gasteiger partial charge in [0.1, 0.15) is 5.75 Å². The first kappa shape index (κ1) is 8.31. The second-order valence-electron chi connectivity index (χ2n) is 2.43. The van der Waals surface area contributed by atoms with Crippen LogP contribution in [0.1, 0.15) is 0 Å². The molecule has 4 heteroatoms. The Morgan fingerprint density at radius 2 is 2.15 bits per heavy atom. The molecule has 0 unspecified atom stereocenters. The van der Waals surface area contributed by atoms with Gasteiger partial charge in [0.25, 0.3) is 6.01 Å². The zero-order valence-corrected chi connectivity index (χ0v) is 8.28. The number of benzene rings is 1. The van der Waals surface area contributed by atoms with E-state index in [0.29, 0.717) is 6.01 Å². The van der Waals surface area contributed by atoms with Gasteiger partial charge in [-0.15, -0.1) is 0 Å². The van der Waals surface area contributed by atoms with E-state index in [4.69, 9.17) is 4.74 Å². The van der Waals surface area contributed by atoms with Crippen molar-refractivity contribution in [2.45, 2.75) is 0 Å². The van der Waals surface area contributed by atoms with Crippen molar-refractivity contribution in [1.82, 2.24) is 9.97 Å². The van der Waals surface area contributed by atoms with E-state index in [1.807, 2.05) is 24.3 Å². The highest BCUT2D eigenvalue weighted by atomic mass is 79.9. The van der Waals surface area contributed by atoms with Crippen LogP contribution in [0.2, 0.25) is 0 Å². The van der Waals surface area contributed by atoms with Crippen LogP contribution >= 0.6 is 15.9 Å². The Kier molecular flexibility index (Phi) is 2.31. The van der Waals surface area contributed by atoms with Crippen molar-refractivity contribution in [3.63, 3.8) is 0 Å². The van der Waals surface area contributed by atoms with Crippen LogP contribution in [0, 0.1) is 0 Å². The number of aromatic amines is 1. The van der Waals surface area contributed by atoms with Gasteiger partial charge in [-0.2, -0.15) is 0 Å². The Morgan fingerprint density at radius 1 is 1.31 bits per heavy atom. The number of ether oxygens (including phenoxy) is 1. The fourth-order valence-corrected chi connectivity index (χ4v) is 1.30. The van der Waals surface area contributed by atoms with Crippen LogP contribution in [0.3, 0.4) is 0 Å². The van der Waals surface area contributed by atoms with Gasteiger partial charge in [0.2, 0.25) is 0 Å². The van der Waals surface area contributed by atoms with Crippen molar-refractivity contribution < 1.29 is 4.74 Å². The van der Waals surface area contributed by atoms with Crippen LogP contribution in [0.25, 0.3) is 0 Å². The van der Waals surface area contributed by atoms with E-state index in [9.17, 15) is 0 Å². The highest BCUT2D eigenvalue weighted by Crippen LogP contribution is 2.26. The number of hydrogen-bond acceptors (Lipinski definition) is 2. The number of hydrogen-bond donors (Lipinski definition) is 1. The van der Waals surface area contributed by atoms with E-state index in [2.05, 4.69) is 25.9 Å². The fourth-order valence-electron chi connectivity index (χ4n) is 0.938. The number of H-pyrrole nitrogens is 1. The van der Waals surface area contributed by atoms with Gasteiger partial charge in [-0.3, -0.25) is 0 Å². The number of aromatic nitrogens is 2. The molecule has 0 spiro atoms. The number of halogens is 1. The highest BCUT2D eigenvalue weighted by molar-refractivity contribution is 9.10. The molecule has 0 atom stereocenters. The molecular weight excluding hydrogens is 232 g/mol. The molecule has 2 rings (SSSR count). The lowest BCUT2D eigenvalue weighted by Gasteiger charge is -2.02. The summed E-state index contributed by atoms with van der Waals surface area (Å²) in [6.07, 6.45) is 3.36. The molecule has 1 aromatic carbocycles. The average molecular weight is 239 g/mol. The zero-order chi connectivity index (χ0) is 9.10. The molecule has 1 heterocycles. The minimum atomic E-state index is 0.493. The predicted octanol–water partition coefficient (Wildman–Crippen LogP) is 2.96. The summed E-state index contributed by atoms with van der Waals surface area (Å²) < 4.78 is 6.34. The summed E-state index contributed by atoms with van der Waals surface area (Å²) in [6.45, 7) is 0. The van der Waals surface area contributed by atoms with Crippen LogP contribution in [-0.2, 0) is 0 Å². The number of imidazole rings is 1. The normalized spacial score (nSPS) is 9.92. The van der Waals surface area contributed by atoms with Crippen LogP contribution in [0.5, 0.6) is 11.8 Å². The molecule has 0 saturated heterocycles. The second kappa shape index (κ2) is 3.62. The molecule has 0 aliphatic carbocycles. The first-order valence-corrected chi connectivity index (χ1v) is 4.57. The average Bonchev–Trinajstić information content (AvgIpc) is 2.61. The number of nitrogens with zero attached hydrogens (tertiary/aromatic N) is 1. The largest absolute Gasteiger partial charge is 0.424 e. The molecule has 0 bridgehead atoms. The van der Waals surface area contributed by atoms with Gasteiger partial charge in [0.15, 0.2) is 0 Å². The van der Waals surface area contributed by atoms with Crippen LogP contribution in [0.4, 0.5) is 0 Å². The fraction of sp³-hybridized carbons (Fsp3) is 0.